The zero-order chi connectivity index (χ0) is 30.7. The van der Waals surface area contributed by atoms with E-state index in [1.807, 2.05) is 158 Å². The van der Waals surface area contributed by atoms with Crippen molar-refractivity contribution in [2.45, 2.75) is 38.5 Å². The van der Waals surface area contributed by atoms with Crippen LogP contribution in [0.2, 0.25) is 0 Å². The third-order valence-corrected chi connectivity index (χ3v) is 6.75. The van der Waals surface area contributed by atoms with Crippen LogP contribution in [0.3, 0.4) is 0 Å². The number of hydrogen-bond donors (Lipinski definition) is 0. The number of rotatable bonds is 15. The van der Waals surface area contributed by atoms with Gasteiger partial charge in [-0.15, -0.1) is 0 Å². The molecule has 0 spiro atoms. The normalized spacial score (nSPS) is 12.0. The Bertz CT molecular complexity index is 1430. The summed E-state index contributed by atoms with van der Waals surface area (Å²) in [5.41, 5.74) is 3.82. The van der Waals surface area contributed by atoms with Gasteiger partial charge in [-0.25, -0.2) is 0 Å². The molecule has 4 nitrogen and oxygen atoms in total. The Labute approximate surface area is 260 Å². The Morgan fingerprint density at radius 3 is 1.16 bits per heavy atom. The largest absolute Gasteiger partial charge is 0.426 e. The van der Waals surface area contributed by atoms with Crippen LogP contribution in [-0.2, 0) is 19.1 Å². The Kier molecular flexibility index (Phi) is 13.2. The summed E-state index contributed by atoms with van der Waals surface area (Å²) in [6.45, 7) is 0. The fraction of sp³-hybridized carbons (Fsp3) is 0.150. The van der Waals surface area contributed by atoms with Gasteiger partial charge in [0.2, 0.25) is 0 Å². The van der Waals surface area contributed by atoms with E-state index >= 15 is 0 Å². The number of hydrogen-bond acceptors (Lipinski definition) is 4. The highest BCUT2D eigenvalue weighted by Crippen LogP contribution is 2.20. The van der Waals surface area contributed by atoms with Gasteiger partial charge < -0.3 is 9.47 Å². The second-order valence-corrected chi connectivity index (χ2v) is 10.2. The molecule has 0 aliphatic heterocycles. The molecule has 0 aromatic heterocycles. The van der Waals surface area contributed by atoms with Crippen molar-refractivity contribution in [3.8, 4) is 0 Å². The molecule has 4 heteroatoms. The van der Waals surface area contributed by atoms with Crippen molar-refractivity contribution >= 4 is 35.6 Å². The lowest BCUT2D eigenvalue weighted by molar-refractivity contribution is -0.138. The van der Waals surface area contributed by atoms with Crippen LogP contribution in [0.4, 0.5) is 0 Å². The van der Waals surface area contributed by atoms with Crippen LogP contribution in [0.25, 0.3) is 23.7 Å². The first-order valence-corrected chi connectivity index (χ1v) is 15.1. The van der Waals surface area contributed by atoms with E-state index in [-0.39, 0.29) is 11.9 Å². The van der Waals surface area contributed by atoms with E-state index in [1.54, 1.807) is 0 Å². The highest BCUT2D eigenvalue weighted by Gasteiger charge is 2.11. The van der Waals surface area contributed by atoms with E-state index in [0.717, 1.165) is 35.1 Å². The van der Waals surface area contributed by atoms with Crippen molar-refractivity contribution in [1.82, 2.24) is 0 Å². The first-order chi connectivity index (χ1) is 21.7. The zero-order valence-corrected chi connectivity index (χ0v) is 24.9. The topological polar surface area (TPSA) is 52.6 Å². The molecule has 0 heterocycles. The molecule has 0 amide bonds. The summed E-state index contributed by atoms with van der Waals surface area (Å²) < 4.78 is 11.5. The zero-order valence-electron chi connectivity index (χ0n) is 24.9. The third-order valence-electron chi connectivity index (χ3n) is 6.75. The molecule has 4 aromatic rings. The summed E-state index contributed by atoms with van der Waals surface area (Å²) in [5, 5.41) is 0. The third kappa shape index (κ3) is 11.6. The highest BCUT2D eigenvalue weighted by atomic mass is 16.5. The van der Waals surface area contributed by atoms with Crippen LogP contribution in [-0.4, -0.2) is 11.9 Å². The van der Waals surface area contributed by atoms with Crippen molar-refractivity contribution < 1.29 is 19.1 Å². The first kappa shape index (κ1) is 31.7. The molecule has 4 rings (SSSR count). The maximum atomic E-state index is 12.7. The fourth-order valence-electron chi connectivity index (χ4n) is 4.44. The van der Waals surface area contributed by atoms with Crippen LogP contribution < -0.4 is 0 Å². The van der Waals surface area contributed by atoms with Crippen molar-refractivity contribution in [2.24, 2.45) is 0 Å². The highest BCUT2D eigenvalue weighted by molar-refractivity contribution is 5.79. The summed E-state index contributed by atoms with van der Waals surface area (Å²) in [5.74, 6) is 0.500. The second-order valence-electron chi connectivity index (χ2n) is 10.2. The van der Waals surface area contributed by atoms with E-state index in [2.05, 4.69) is 0 Å². The van der Waals surface area contributed by atoms with Crippen molar-refractivity contribution in [2.75, 3.05) is 0 Å². The number of unbranched alkanes of at least 4 members (excludes halogenated alkanes) is 3. The maximum Gasteiger partial charge on any atom is 0.311 e. The first-order valence-electron chi connectivity index (χ1n) is 15.1. The molecule has 0 fully saturated rings. The number of benzene rings is 4. The van der Waals surface area contributed by atoms with Crippen molar-refractivity contribution in [3.63, 3.8) is 0 Å². The van der Waals surface area contributed by atoms with Gasteiger partial charge in [0.25, 0.3) is 0 Å². The van der Waals surface area contributed by atoms with Gasteiger partial charge in [-0.3, -0.25) is 9.59 Å². The van der Waals surface area contributed by atoms with Gasteiger partial charge in [0.15, 0.2) is 0 Å². The predicted octanol–water partition coefficient (Wildman–Crippen LogP) is 9.92. The van der Waals surface area contributed by atoms with Gasteiger partial charge in [-0.2, -0.15) is 0 Å². The minimum Gasteiger partial charge on any atom is -0.426 e. The maximum absolute atomic E-state index is 12.7. The number of carbonyl (C=O) groups excluding carboxylic acids is 2. The number of carbonyl (C=O) groups is 2. The Balaban J connectivity index is 1.21. The van der Waals surface area contributed by atoms with Gasteiger partial charge in [0.05, 0.1) is 0 Å². The van der Waals surface area contributed by atoms with E-state index in [9.17, 15) is 9.59 Å². The minimum atomic E-state index is -0.270. The molecule has 0 bridgehead atoms. The molecule has 4 aromatic carbocycles. The monoisotopic (exact) mass is 582 g/mol. The molecule has 44 heavy (non-hydrogen) atoms. The van der Waals surface area contributed by atoms with Crippen LogP contribution in [0, 0.1) is 0 Å². The van der Waals surface area contributed by atoms with E-state index in [0.29, 0.717) is 37.2 Å². The molecule has 0 N–H and O–H groups in total. The average Bonchev–Trinajstić information content (AvgIpc) is 3.07. The number of allylic oxidation sites excluding steroid dienone is 4. The van der Waals surface area contributed by atoms with E-state index in [4.69, 9.17) is 9.47 Å². The molecule has 0 atom stereocenters. The summed E-state index contributed by atoms with van der Waals surface area (Å²) in [6, 6.07) is 39.2. The SMILES string of the molecule is O=C(CCCCCCC(=O)O/C(=C/C=C/c1ccccc1)c1ccccc1)O/C(=C/C=C/c1ccccc1)c1ccccc1. The minimum absolute atomic E-state index is 0.270. The lowest BCUT2D eigenvalue weighted by atomic mass is 10.1. The molecule has 0 radical (unpaired) electrons. The van der Waals surface area contributed by atoms with Gasteiger partial charge >= 0.3 is 11.9 Å². The van der Waals surface area contributed by atoms with Crippen molar-refractivity contribution in [1.29, 1.82) is 0 Å². The lowest BCUT2D eigenvalue weighted by Gasteiger charge is -2.09. The standard InChI is InChI=1S/C40H38O4/c41-39(43-37(35-25-11-5-12-26-35)29-17-23-33-19-7-3-8-20-33)31-15-1-2-16-32-40(42)44-38(36-27-13-6-14-28-36)30-18-24-34-21-9-4-10-22-34/h3-14,17-30H,1-2,15-16,31-32H2/b23-17+,24-18+,37-29+,38-30+. The molecular formula is C40H38O4. The smallest absolute Gasteiger partial charge is 0.311 e. The summed E-state index contributed by atoms with van der Waals surface area (Å²) in [7, 11) is 0. The molecule has 0 saturated heterocycles. The van der Waals surface area contributed by atoms with E-state index in [1.165, 1.54) is 0 Å². The molecule has 222 valence electrons. The van der Waals surface area contributed by atoms with Crippen molar-refractivity contribution in [3.05, 3.63) is 168 Å². The predicted molar refractivity (Wildman–Crippen MR) is 180 cm³/mol. The lowest BCUT2D eigenvalue weighted by Crippen LogP contribution is -2.05. The summed E-state index contributed by atoms with van der Waals surface area (Å²) in [4.78, 5) is 25.3. The van der Waals surface area contributed by atoms with Gasteiger partial charge in [0, 0.05) is 24.0 Å². The van der Waals surface area contributed by atoms with Crippen LogP contribution >= 0.6 is 0 Å². The fourth-order valence-corrected chi connectivity index (χ4v) is 4.44. The van der Waals surface area contributed by atoms with Gasteiger partial charge in [0.1, 0.15) is 11.5 Å². The van der Waals surface area contributed by atoms with Crippen LogP contribution in [0.5, 0.6) is 0 Å². The molecule has 0 unspecified atom stereocenters. The molecule has 0 aliphatic rings. The van der Waals surface area contributed by atoms with Gasteiger partial charge in [-0.05, 0) is 36.1 Å². The average molecular weight is 583 g/mol. The van der Waals surface area contributed by atoms with Crippen LogP contribution in [0.1, 0.15) is 60.8 Å². The van der Waals surface area contributed by atoms with Gasteiger partial charge in [-0.1, -0.05) is 158 Å². The number of ether oxygens (including phenoxy) is 2. The Morgan fingerprint density at radius 1 is 0.455 bits per heavy atom. The van der Waals surface area contributed by atoms with E-state index < -0.39 is 0 Å². The quantitative estimate of drug-likeness (QED) is 0.0606. The Morgan fingerprint density at radius 2 is 0.795 bits per heavy atom. The molecular weight excluding hydrogens is 544 g/mol. The summed E-state index contributed by atoms with van der Waals surface area (Å²) >= 11 is 0. The summed E-state index contributed by atoms with van der Waals surface area (Å²) in [6.07, 6.45) is 15.0. The Hall–Kier alpha value is -5.22. The number of esters is 2. The van der Waals surface area contributed by atoms with Crippen LogP contribution in [0.15, 0.2) is 146 Å². The molecule has 0 aliphatic carbocycles. The second kappa shape index (κ2) is 18.3. The molecule has 0 saturated carbocycles.